The van der Waals surface area contributed by atoms with Gasteiger partial charge in [0.1, 0.15) is 5.60 Å². The molecule has 2 rings (SSSR count). The lowest BCUT2D eigenvalue weighted by molar-refractivity contribution is -0.385. The van der Waals surface area contributed by atoms with Crippen molar-refractivity contribution in [2.75, 3.05) is 7.11 Å². The zero-order chi connectivity index (χ0) is 14.8. The zero-order valence-corrected chi connectivity index (χ0v) is 10.9. The molecule has 0 amide bonds. The first-order valence-electron chi connectivity index (χ1n) is 6.15. The van der Waals surface area contributed by atoms with E-state index in [1.807, 2.05) is 0 Å². The molecule has 7 heteroatoms. The fraction of sp³-hybridized carbons (Fsp3) is 0.462. The Kier molecular flexibility index (Phi) is 3.87. The molecule has 1 aromatic carbocycles. The number of benzene rings is 1. The van der Waals surface area contributed by atoms with Crippen molar-refractivity contribution in [3.8, 4) is 5.75 Å². The van der Waals surface area contributed by atoms with E-state index < -0.39 is 22.3 Å². The number of hydrogen-bond acceptors (Lipinski definition) is 5. The van der Waals surface area contributed by atoms with Crippen LogP contribution in [0.4, 0.5) is 10.1 Å². The Balaban J connectivity index is 2.16. The van der Waals surface area contributed by atoms with Gasteiger partial charge in [-0.15, -0.1) is 0 Å². The number of carbonyl (C=O) groups excluding carboxylic acids is 1. The molecule has 1 aliphatic carbocycles. The maximum Gasteiger partial charge on any atom is 0.309 e. The first kappa shape index (κ1) is 14.2. The first-order valence-corrected chi connectivity index (χ1v) is 6.15. The lowest BCUT2D eigenvalue weighted by Gasteiger charge is -2.41. The van der Waals surface area contributed by atoms with Gasteiger partial charge in [-0.3, -0.25) is 14.9 Å². The highest BCUT2D eigenvalue weighted by atomic mass is 19.1. The normalized spacial score (nSPS) is 16.1. The van der Waals surface area contributed by atoms with Crippen LogP contribution in [0.2, 0.25) is 0 Å². The number of non-ortho nitro benzene ring substituents is 1. The third kappa shape index (κ3) is 2.87. The average Bonchev–Trinajstić information content (AvgIpc) is 2.37. The van der Waals surface area contributed by atoms with Crippen LogP contribution in [0.1, 0.15) is 25.7 Å². The predicted octanol–water partition coefficient (Wildman–Crippen LogP) is 2.60. The summed E-state index contributed by atoms with van der Waals surface area (Å²) >= 11 is 0. The molecule has 1 aromatic rings. The van der Waals surface area contributed by atoms with Crippen molar-refractivity contribution in [2.24, 2.45) is 0 Å². The van der Waals surface area contributed by atoms with E-state index in [0.717, 1.165) is 12.5 Å². The van der Waals surface area contributed by atoms with Gasteiger partial charge in [-0.25, -0.2) is 4.39 Å². The third-order valence-electron chi connectivity index (χ3n) is 3.41. The summed E-state index contributed by atoms with van der Waals surface area (Å²) in [6.07, 6.45) is 2.17. The van der Waals surface area contributed by atoms with Gasteiger partial charge in [0, 0.05) is 6.07 Å². The molecule has 6 nitrogen and oxygen atoms in total. The molecular formula is C13H14FNO5. The van der Waals surface area contributed by atoms with E-state index in [1.165, 1.54) is 19.2 Å². The summed E-state index contributed by atoms with van der Waals surface area (Å²) in [5.74, 6) is -1.32. The summed E-state index contributed by atoms with van der Waals surface area (Å²) < 4.78 is 24.0. The Morgan fingerprint density at radius 1 is 1.50 bits per heavy atom. The van der Waals surface area contributed by atoms with Crippen molar-refractivity contribution in [3.63, 3.8) is 0 Å². The molecule has 0 aromatic heterocycles. The smallest absolute Gasteiger partial charge is 0.309 e. The Labute approximate surface area is 114 Å². The second-order valence-electron chi connectivity index (χ2n) is 4.76. The predicted molar refractivity (Wildman–Crippen MR) is 66.9 cm³/mol. The fourth-order valence-corrected chi connectivity index (χ4v) is 2.14. The van der Waals surface area contributed by atoms with Gasteiger partial charge in [0.2, 0.25) is 0 Å². The number of nitro groups is 1. The molecule has 0 heterocycles. The van der Waals surface area contributed by atoms with Crippen LogP contribution in [-0.2, 0) is 9.53 Å². The Hall–Kier alpha value is -2.18. The molecule has 0 aliphatic heterocycles. The number of rotatable bonds is 5. The van der Waals surface area contributed by atoms with Gasteiger partial charge in [-0.1, -0.05) is 0 Å². The summed E-state index contributed by atoms with van der Waals surface area (Å²) in [6, 6.07) is 3.19. The molecule has 0 N–H and O–H groups in total. The maximum atomic E-state index is 13.8. The van der Waals surface area contributed by atoms with Crippen LogP contribution >= 0.6 is 0 Å². The summed E-state index contributed by atoms with van der Waals surface area (Å²) in [4.78, 5) is 21.2. The Morgan fingerprint density at radius 2 is 2.20 bits per heavy atom. The molecule has 0 spiro atoms. The second-order valence-corrected chi connectivity index (χ2v) is 4.76. The van der Waals surface area contributed by atoms with Gasteiger partial charge < -0.3 is 9.47 Å². The molecule has 108 valence electrons. The molecule has 0 radical (unpaired) electrons. The molecule has 0 saturated heterocycles. The minimum absolute atomic E-state index is 0.0416. The van der Waals surface area contributed by atoms with E-state index >= 15 is 0 Å². The van der Waals surface area contributed by atoms with E-state index in [1.54, 1.807) is 0 Å². The zero-order valence-electron chi connectivity index (χ0n) is 10.9. The first-order chi connectivity index (χ1) is 9.46. The van der Waals surface area contributed by atoms with Crippen LogP contribution < -0.4 is 4.74 Å². The lowest BCUT2D eigenvalue weighted by Crippen LogP contribution is -2.45. The van der Waals surface area contributed by atoms with Crippen LogP contribution in [0.15, 0.2) is 18.2 Å². The Morgan fingerprint density at radius 3 is 2.65 bits per heavy atom. The van der Waals surface area contributed by atoms with Crippen molar-refractivity contribution in [1.29, 1.82) is 0 Å². The van der Waals surface area contributed by atoms with E-state index in [0.29, 0.717) is 12.8 Å². The number of nitrogens with zero attached hydrogens (tertiary/aromatic N) is 1. The van der Waals surface area contributed by atoms with Gasteiger partial charge >= 0.3 is 5.97 Å². The van der Waals surface area contributed by atoms with E-state index in [9.17, 15) is 19.3 Å². The van der Waals surface area contributed by atoms with E-state index in [2.05, 4.69) is 4.74 Å². The molecule has 0 unspecified atom stereocenters. The average molecular weight is 283 g/mol. The van der Waals surface area contributed by atoms with Gasteiger partial charge in [0.05, 0.1) is 24.5 Å². The summed E-state index contributed by atoms with van der Waals surface area (Å²) in [5, 5.41) is 10.5. The molecule has 1 saturated carbocycles. The summed E-state index contributed by atoms with van der Waals surface area (Å²) in [5.41, 5.74) is -1.10. The van der Waals surface area contributed by atoms with Crippen LogP contribution in [0, 0.1) is 15.9 Å². The molecule has 0 bridgehead atoms. The number of halogens is 1. The molecule has 1 aliphatic rings. The fourth-order valence-electron chi connectivity index (χ4n) is 2.14. The van der Waals surface area contributed by atoms with Crippen LogP contribution in [-0.4, -0.2) is 23.6 Å². The number of methoxy groups -OCH3 is 1. The SMILES string of the molecule is COC(=O)CC1(Oc2ccc([N+](=O)[O-])cc2F)CCC1. The number of carbonyl (C=O) groups is 1. The van der Waals surface area contributed by atoms with Gasteiger partial charge in [-0.05, 0) is 25.3 Å². The van der Waals surface area contributed by atoms with Crippen molar-refractivity contribution < 1.29 is 23.6 Å². The number of ether oxygens (including phenoxy) is 2. The lowest BCUT2D eigenvalue weighted by atomic mass is 9.77. The van der Waals surface area contributed by atoms with Crippen molar-refractivity contribution in [1.82, 2.24) is 0 Å². The molecular weight excluding hydrogens is 269 g/mol. The molecule has 20 heavy (non-hydrogen) atoms. The highest BCUT2D eigenvalue weighted by Gasteiger charge is 2.42. The summed E-state index contributed by atoms with van der Waals surface area (Å²) in [7, 11) is 1.28. The van der Waals surface area contributed by atoms with E-state index in [4.69, 9.17) is 4.74 Å². The van der Waals surface area contributed by atoms with Crippen LogP contribution in [0.5, 0.6) is 5.75 Å². The van der Waals surface area contributed by atoms with Crippen LogP contribution in [0.25, 0.3) is 0 Å². The highest BCUT2D eigenvalue weighted by Crippen LogP contribution is 2.40. The van der Waals surface area contributed by atoms with E-state index in [-0.39, 0.29) is 17.9 Å². The van der Waals surface area contributed by atoms with Crippen molar-refractivity contribution in [2.45, 2.75) is 31.3 Å². The second kappa shape index (κ2) is 5.44. The van der Waals surface area contributed by atoms with Gasteiger partial charge in [0.15, 0.2) is 11.6 Å². The standard InChI is InChI=1S/C13H14FNO5/c1-19-12(16)8-13(5-2-6-13)20-11-4-3-9(15(17)18)7-10(11)14/h3-4,7H,2,5-6,8H2,1H3. The third-order valence-corrected chi connectivity index (χ3v) is 3.41. The molecule has 1 fully saturated rings. The minimum atomic E-state index is -0.810. The Bertz CT molecular complexity index is 542. The molecule has 0 atom stereocenters. The highest BCUT2D eigenvalue weighted by molar-refractivity contribution is 5.70. The van der Waals surface area contributed by atoms with Gasteiger partial charge in [0.25, 0.3) is 5.69 Å². The van der Waals surface area contributed by atoms with Crippen molar-refractivity contribution in [3.05, 3.63) is 34.1 Å². The number of esters is 1. The monoisotopic (exact) mass is 283 g/mol. The topological polar surface area (TPSA) is 78.7 Å². The quantitative estimate of drug-likeness (QED) is 0.471. The van der Waals surface area contributed by atoms with Gasteiger partial charge in [-0.2, -0.15) is 0 Å². The van der Waals surface area contributed by atoms with Crippen LogP contribution in [0.3, 0.4) is 0 Å². The maximum absolute atomic E-state index is 13.8. The summed E-state index contributed by atoms with van der Waals surface area (Å²) in [6.45, 7) is 0. The number of nitro benzene ring substituents is 1. The number of hydrogen-bond donors (Lipinski definition) is 0. The van der Waals surface area contributed by atoms with Crippen molar-refractivity contribution >= 4 is 11.7 Å². The largest absolute Gasteiger partial charge is 0.484 e. The minimum Gasteiger partial charge on any atom is -0.484 e.